The molecule has 1 aromatic carbocycles. The number of benzene rings is 1. The van der Waals surface area contributed by atoms with E-state index in [2.05, 4.69) is 32.2 Å². The summed E-state index contributed by atoms with van der Waals surface area (Å²) in [5.74, 6) is 1.43. The van der Waals surface area contributed by atoms with Crippen molar-refractivity contribution in [2.24, 2.45) is 10.9 Å². The zero-order valence-corrected chi connectivity index (χ0v) is 17.4. The van der Waals surface area contributed by atoms with Crippen LogP contribution in [0.25, 0.3) is 0 Å². The van der Waals surface area contributed by atoms with Crippen LogP contribution >= 0.6 is 0 Å². The maximum atomic E-state index is 12.1. The molecule has 0 radical (unpaired) electrons. The Morgan fingerprint density at radius 1 is 1.17 bits per heavy atom. The van der Waals surface area contributed by atoms with E-state index in [1.54, 1.807) is 12.1 Å². The maximum absolute atomic E-state index is 12.1. The minimum atomic E-state index is -4.29. The number of aliphatic imine (C=N–C) groups is 1. The first kappa shape index (κ1) is 23.5. The van der Waals surface area contributed by atoms with Crippen LogP contribution in [-0.2, 0) is 17.9 Å². The Bertz CT molecular complexity index is 619. The van der Waals surface area contributed by atoms with Gasteiger partial charge in [-0.15, -0.1) is 0 Å². The van der Waals surface area contributed by atoms with E-state index >= 15 is 0 Å². The molecular formula is C21H33F3N4O. The second-order valence-electron chi connectivity index (χ2n) is 7.46. The summed E-state index contributed by atoms with van der Waals surface area (Å²) >= 11 is 0. The number of hydrogen-bond donors (Lipinski definition) is 2. The highest BCUT2D eigenvalue weighted by Crippen LogP contribution is 2.16. The summed E-state index contributed by atoms with van der Waals surface area (Å²) in [5.41, 5.74) is 1.71. The molecule has 5 nitrogen and oxygen atoms in total. The Hall–Kier alpha value is -1.80. The molecule has 2 N–H and O–H groups in total. The lowest BCUT2D eigenvalue weighted by molar-refractivity contribution is -0.176. The van der Waals surface area contributed by atoms with E-state index in [0.29, 0.717) is 18.0 Å². The SMILES string of the molecule is CCCN1CCC(CNC(=NCc2ccc(COCC(F)(F)F)cc2)NCC)C1. The first-order chi connectivity index (χ1) is 13.9. The van der Waals surface area contributed by atoms with Crippen molar-refractivity contribution in [3.05, 3.63) is 35.4 Å². The Morgan fingerprint density at radius 3 is 2.55 bits per heavy atom. The molecule has 1 atom stereocenters. The van der Waals surface area contributed by atoms with Gasteiger partial charge in [0.25, 0.3) is 0 Å². The van der Waals surface area contributed by atoms with Gasteiger partial charge in [0.05, 0.1) is 13.2 Å². The fourth-order valence-electron chi connectivity index (χ4n) is 3.38. The normalized spacial score (nSPS) is 18.2. The van der Waals surface area contributed by atoms with Gasteiger partial charge in [0, 0.05) is 19.6 Å². The number of hydrogen-bond acceptors (Lipinski definition) is 3. The zero-order valence-electron chi connectivity index (χ0n) is 17.4. The quantitative estimate of drug-likeness (QED) is 0.454. The monoisotopic (exact) mass is 414 g/mol. The van der Waals surface area contributed by atoms with Crippen LogP contribution in [0.15, 0.2) is 29.3 Å². The molecule has 1 fully saturated rings. The molecule has 1 unspecified atom stereocenters. The molecule has 0 saturated carbocycles. The van der Waals surface area contributed by atoms with Crippen LogP contribution in [0.3, 0.4) is 0 Å². The molecule has 164 valence electrons. The molecule has 8 heteroatoms. The molecule has 1 saturated heterocycles. The number of rotatable bonds is 10. The second-order valence-corrected chi connectivity index (χ2v) is 7.46. The number of halogens is 3. The van der Waals surface area contributed by atoms with Gasteiger partial charge < -0.3 is 20.3 Å². The van der Waals surface area contributed by atoms with Crippen molar-refractivity contribution in [3.8, 4) is 0 Å². The lowest BCUT2D eigenvalue weighted by atomic mass is 10.1. The van der Waals surface area contributed by atoms with Gasteiger partial charge in [0.15, 0.2) is 5.96 Å². The van der Waals surface area contributed by atoms with Gasteiger partial charge in [0.2, 0.25) is 0 Å². The Morgan fingerprint density at radius 2 is 1.90 bits per heavy atom. The zero-order chi connectivity index (χ0) is 21.1. The number of nitrogens with one attached hydrogen (secondary N) is 2. The van der Waals surface area contributed by atoms with Crippen LogP contribution in [0.5, 0.6) is 0 Å². The van der Waals surface area contributed by atoms with Crippen molar-refractivity contribution in [1.29, 1.82) is 0 Å². The molecule has 0 aliphatic carbocycles. The van der Waals surface area contributed by atoms with E-state index < -0.39 is 12.8 Å². The van der Waals surface area contributed by atoms with Crippen LogP contribution in [-0.4, -0.2) is 56.4 Å². The molecule has 1 aliphatic rings. The van der Waals surface area contributed by atoms with E-state index in [-0.39, 0.29) is 6.61 Å². The number of alkyl halides is 3. The second kappa shape index (κ2) is 12.0. The number of ether oxygens (including phenoxy) is 1. The van der Waals surface area contributed by atoms with Gasteiger partial charge in [-0.25, -0.2) is 4.99 Å². The Labute approximate surface area is 171 Å². The summed E-state index contributed by atoms with van der Waals surface area (Å²) in [6, 6.07) is 7.31. The summed E-state index contributed by atoms with van der Waals surface area (Å²) in [6.07, 6.45) is -1.89. The van der Waals surface area contributed by atoms with Crippen LogP contribution < -0.4 is 10.6 Å². The van der Waals surface area contributed by atoms with Crippen LogP contribution in [0.2, 0.25) is 0 Å². The molecule has 0 bridgehead atoms. The van der Waals surface area contributed by atoms with Crippen molar-refractivity contribution >= 4 is 5.96 Å². The minimum Gasteiger partial charge on any atom is -0.367 e. The fourth-order valence-corrected chi connectivity index (χ4v) is 3.38. The predicted octanol–water partition coefficient (Wildman–Crippen LogP) is 3.55. The third-order valence-corrected chi connectivity index (χ3v) is 4.79. The first-order valence-corrected chi connectivity index (χ1v) is 10.4. The van der Waals surface area contributed by atoms with Gasteiger partial charge >= 0.3 is 6.18 Å². The van der Waals surface area contributed by atoms with Crippen molar-refractivity contribution in [2.45, 2.75) is 46.0 Å². The van der Waals surface area contributed by atoms with E-state index in [1.807, 2.05) is 19.1 Å². The van der Waals surface area contributed by atoms with E-state index in [9.17, 15) is 13.2 Å². The largest absolute Gasteiger partial charge is 0.411 e. The molecule has 1 aromatic rings. The third kappa shape index (κ3) is 9.49. The molecular weight excluding hydrogens is 381 g/mol. The van der Waals surface area contributed by atoms with E-state index in [0.717, 1.165) is 31.2 Å². The molecule has 1 aliphatic heterocycles. The minimum absolute atomic E-state index is 0.0519. The summed E-state index contributed by atoms with van der Waals surface area (Å²) in [4.78, 5) is 7.14. The van der Waals surface area contributed by atoms with E-state index in [1.165, 1.54) is 25.9 Å². The molecule has 0 spiro atoms. The van der Waals surface area contributed by atoms with Crippen molar-refractivity contribution in [3.63, 3.8) is 0 Å². The van der Waals surface area contributed by atoms with Crippen LogP contribution in [0.1, 0.15) is 37.8 Å². The Kier molecular flexibility index (Phi) is 9.73. The standard InChI is InChI=1S/C21H33F3N4O/c1-3-10-28-11-9-19(14-28)13-27-20(25-4-2)26-12-17-5-7-18(8-6-17)15-29-16-21(22,23)24/h5-8,19H,3-4,9-16H2,1-2H3,(H2,25,26,27). The van der Waals surface area contributed by atoms with Crippen molar-refractivity contribution < 1.29 is 17.9 Å². The maximum Gasteiger partial charge on any atom is 0.411 e. The average Bonchev–Trinajstić information content (AvgIpc) is 3.12. The predicted molar refractivity (Wildman–Crippen MR) is 110 cm³/mol. The Balaban J connectivity index is 1.78. The first-order valence-electron chi connectivity index (χ1n) is 10.4. The van der Waals surface area contributed by atoms with Gasteiger partial charge in [-0.05, 0) is 49.9 Å². The van der Waals surface area contributed by atoms with Gasteiger partial charge in [-0.1, -0.05) is 31.2 Å². The third-order valence-electron chi connectivity index (χ3n) is 4.79. The highest BCUT2D eigenvalue weighted by Gasteiger charge is 2.27. The molecule has 29 heavy (non-hydrogen) atoms. The highest BCUT2D eigenvalue weighted by atomic mass is 19.4. The highest BCUT2D eigenvalue weighted by molar-refractivity contribution is 5.79. The van der Waals surface area contributed by atoms with Crippen molar-refractivity contribution in [2.75, 3.05) is 39.3 Å². The van der Waals surface area contributed by atoms with Crippen LogP contribution in [0.4, 0.5) is 13.2 Å². The van der Waals surface area contributed by atoms with Gasteiger partial charge in [-0.3, -0.25) is 0 Å². The van der Waals surface area contributed by atoms with E-state index in [4.69, 9.17) is 0 Å². The summed E-state index contributed by atoms with van der Waals surface area (Å²) in [6.45, 7) is 8.64. The summed E-state index contributed by atoms with van der Waals surface area (Å²) < 4.78 is 41.0. The lowest BCUT2D eigenvalue weighted by Gasteiger charge is -2.17. The number of likely N-dealkylation sites (tertiary alicyclic amines) is 1. The lowest BCUT2D eigenvalue weighted by Crippen LogP contribution is -2.40. The van der Waals surface area contributed by atoms with Crippen molar-refractivity contribution in [1.82, 2.24) is 15.5 Å². The molecule has 2 rings (SSSR count). The van der Waals surface area contributed by atoms with Crippen LogP contribution in [0, 0.1) is 5.92 Å². The fraction of sp³-hybridized carbons (Fsp3) is 0.667. The van der Waals surface area contributed by atoms with Gasteiger partial charge in [-0.2, -0.15) is 13.2 Å². The smallest absolute Gasteiger partial charge is 0.367 e. The summed E-state index contributed by atoms with van der Waals surface area (Å²) in [7, 11) is 0. The number of guanidine groups is 1. The average molecular weight is 415 g/mol. The molecule has 0 aromatic heterocycles. The molecule has 1 heterocycles. The summed E-state index contributed by atoms with van der Waals surface area (Å²) in [5, 5.41) is 6.70. The number of nitrogens with zero attached hydrogens (tertiary/aromatic N) is 2. The topological polar surface area (TPSA) is 48.9 Å². The van der Waals surface area contributed by atoms with Gasteiger partial charge in [0.1, 0.15) is 6.61 Å². The molecule has 0 amide bonds.